The summed E-state index contributed by atoms with van der Waals surface area (Å²) in [6.07, 6.45) is 3.69. The van der Waals surface area contributed by atoms with E-state index in [9.17, 15) is 0 Å². The molecule has 1 fully saturated rings. The van der Waals surface area contributed by atoms with Crippen LogP contribution in [0.25, 0.3) is 10.7 Å². The molecule has 21 heavy (non-hydrogen) atoms. The zero-order chi connectivity index (χ0) is 14.8. The van der Waals surface area contributed by atoms with Gasteiger partial charge in [0.15, 0.2) is 0 Å². The molecule has 0 aliphatic heterocycles. The second-order valence-corrected chi connectivity index (χ2v) is 7.39. The summed E-state index contributed by atoms with van der Waals surface area (Å²) in [5.74, 6) is 0.630. The molecule has 2 aromatic heterocycles. The Bertz CT molecular complexity index is 614. The van der Waals surface area contributed by atoms with Crippen molar-refractivity contribution in [2.75, 3.05) is 0 Å². The van der Waals surface area contributed by atoms with Crippen LogP contribution in [0, 0.1) is 12.8 Å². The van der Waals surface area contributed by atoms with Crippen LogP contribution in [0.1, 0.15) is 43.0 Å². The molecule has 1 aliphatic carbocycles. The molecule has 0 radical (unpaired) electrons. The van der Waals surface area contributed by atoms with Gasteiger partial charge in [-0.05, 0) is 44.2 Å². The SMILES string of the molecule is Cc1cccc(-c2nc(CC(C)C)c(CNC3CC3)s2)n1. The molecule has 0 spiro atoms. The summed E-state index contributed by atoms with van der Waals surface area (Å²) in [6.45, 7) is 7.49. The van der Waals surface area contributed by atoms with E-state index in [-0.39, 0.29) is 0 Å². The minimum Gasteiger partial charge on any atom is -0.309 e. The number of nitrogens with zero attached hydrogens (tertiary/aromatic N) is 2. The van der Waals surface area contributed by atoms with Crippen LogP contribution in [0.2, 0.25) is 0 Å². The molecule has 4 heteroatoms. The Morgan fingerprint density at radius 1 is 1.29 bits per heavy atom. The van der Waals surface area contributed by atoms with Gasteiger partial charge in [-0.15, -0.1) is 11.3 Å². The van der Waals surface area contributed by atoms with E-state index in [0.29, 0.717) is 5.92 Å². The van der Waals surface area contributed by atoms with E-state index in [1.807, 2.05) is 13.0 Å². The van der Waals surface area contributed by atoms with Crippen LogP contribution in [-0.4, -0.2) is 16.0 Å². The number of hydrogen-bond acceptors (Lipinski definition) is 4. The van der Waals surface area contributed by atoms with E-state index in [1.54, 1.807) is 11.3 Å². The second kappa shape index (κ2) is 6.24. The van der Waals surface area contributed by atoms with Gasteiger partial charge in [-0.2, -0.15) is 0 Å². The lowest BCUT2D eigenvalue weighted by atomic mass is 10.1. The van der Waals surface area contributed by atoms with Crippen molar-refractivity contribution in [1.29, 1.82) is 0 Å². The maximum absolute atomic E-state index is 4.88. The molecule has 0 unspecified atom stereocenters. The van der Waals surface area contributed by atoms with Crippen molar-refractivity contribution < 1.29 is 0 Å². The highest BCUT2D eigenvalue weighted by atomic mass is 32.1. The topological polar surface area (TPSA) is 37.8 Å². The van der Waals surface area contributed by atoms with Crippen molar-refractivity contribution in [2.45, 2.75) is 52.6 Å². The average Bonchev–Trinajstić information content (AvgIpc) is 3.18. The fourth-order valence-electron chi connectivity index (χ4n) is 2.36. The van der Waals surface area contributed by atoms with Gasteiger partial charge in [-0.1, -0.05) is 19.9 Å². The number of rotatable bonds is 6. The maximum atomic E-state index is 4.88. The van der Waals surface area contributed by atoms with Gasteiger partial charge in [0.2, 0.25) is 0 Å². The van der Waals surface area contributed by atoms with Crippen molar-refractivity contribution in [1.82, 2.24) is 15.3 Å². The van der Waals surface area contributed by atoms with Crippen LogP contribution in [0.4, 0.5) is 0 Å². The first-order chi connectivity index (χ1) is 10.1. The highest BCUT2D eigenvalue weighted by Crippen LogP contribution is 2.29. The third-order valence-electron chi connectivity index (χ3n) is 3.62. The first-order valence-corrected chi connectivity index (χ1v) is 8.59. The highest BCUT2D eigenvalue weighted by molar-refractivity contribution is 7.15. The molecule has 1 saturated carbocycles. The molecular weight excluding hydrogens is 278 g/mol. The lowest BCUT2D eigenvalue weighted by Crippen LogP contribution is -2.15. The van der Waals surface area contributed by atoms with Gasteiger partial charge in [-0.3, -0.25) is 4.98 Å². The van der Waals surface area contributed by atoms with Crippen molar-refractivity contribution in [3.63, 3.8) is 0 Å². The van der Waals surface area contributed by atoms with E-state index >= 15 is 0 Å². The third-order valence-corrected chi connectivity index (χ3v) is 4.74. The predicted octanol–water partition coefficient (Wildman–Crippen LogP) is 3.96. The van der Waals surface area contributed by atoms with Gasteiger partial charge >= 0.3 is 0 Å². The minimum atomic E-state index is 0.630. The predicted molar refractivity (Wildman–Crippen MR) is 88.5 cm³/mol. The molecule has 0 bridgehead atoms. The molecule has 112 valence electrons. The Morgan fingerprint density at radius 3 is 2.76 bits per heavy atom. The summed E-state index contributed by atoms with van der Waals surface area (Å²) in [5, 5.41) is 4.67. The van der Waals surface area contributed by atoms with Crippen molar-refractivity contribution >= 4 is 11.3 Å². The average molecular weight is 301 g/mol. The highest BCUT2D eigenvalue weighted by Gasteiger charge is 2.22. The lowest BCUT2D eigenvalue weighted by molar-refractivity contribution is 0.624. The van der Waals surface area contributed by atoms with E-state index in [2.05, 4.69) is 36.3 Å². The molecule has 0 saturated heterocycles. The smallest absolute Gasteiger partial charge is 0.142 e. The lowest BCUT2D eigenvalue weighted by Gasteiger charge is -2.05. The van der Waals surface area contributed by atoms with Gasteiger partial charge in [0, 0.05) is 23.2 Å². The normalized spacial score (nSPS) is 14.9. The Balaban J connectivity index is 1.86. The van der Waals surface area contributed by atoms with Crippen LogP contribution in [0.5, 0.6) is 0 Å². The summed E-state index contributed by atoms with van der Waals surface area (Å²) < 4.78 is 0. The van der Waals surface area contributed by atoms with Gasteiger partial charge < -0.3 is 5.32 Å². The molecule has 1 aliphatic rings. The molecule has 3 nitrogen and oxygen atoms in total. The molecule has 2 heterocycles. The van der Waals surface area contributed by atoms with E-state index < -0.39 is 0 Å². The zero-order valence-electron chi connectivity index (χ0n) is 13.0. The molecule has 3 rings (SSSR count). The monoisotopic (exact) mass is 301 g/mol. The fourth-order valence-corrected chi connectivity index (χ4v) is 3.37. The van der Waals surface area contributed by atoms with Gasteiger partial charge in [0.25, 0.3) is 0 Å². The number of thiazole rings is 1. The Kier molecular flexibility index (Phi) is 4.36. The van der Waals surface area contributed by atoms with Gasteiger partial charge in [0.1, 0.15) is 5.01 Å². The third kappa shape index (κ3) is 3.89. The van der Waals surface area contributed by atoms with E-state index in [1.165, 1.54) is 23.4 Å². The number of aromatic nitrogens is 2. The summed E-state index contributed by atoms with van der Waals surface area (Å²) >= 11 is 1.80. The van der Waals surface area contributed by atoms with Crippen molar-refractivity contribution in [3.8, 4) is 10.7 Å². The summed E-state index contributed by atoms with van der Waals surface area (Å²) in [5.41, 5.74) is 3.30. The van der Waals surface area contributed by atoms with Crippen molar-refractivity contribution in [2.24, 2.45) is 5.92 Å². The Labute approximate surface area is 130 Å². The van der Waals surface area contributed by atoms with Crippen LogP contribution < -0.4 is 5.32 Å². The van der Waals surface area contributed by atoms with Gasteiger partial charge in [0.05, 0.1) is 11.4 Å². The standard InChI is InChI=1S/C17H23N3S/c1-11(2)9-15-16(10-18-13-7-8-13)21-17(20-15)14-6-4-5-12(3)19-14/h4-6,11,13,18H,7-10H2,1-3H3. The van der Waals surface area contributed by atoms with Crippen LogP contribution in [-0.2, 0) is 13.0 Å². The summed E-state index contributed by atoms with van der Waals surface area (Å²) in [4.78, 5) is 10.9. The molecular formula is C17H23N3S. The fraction of sp³-hybridized carbons (Fsp3) is 0.529. The van der Waals surface area contributed by atoms with Crippen LogP contribution in [0.15, 0.2) is 18.2 Å². The Hall–Kier alpha value is -1.26. The number of hydrogen-bond donors (Lipinski definition) is 1. The van der Waals surface area contributed by atoms with E-state index in [0.717, 1.165) is 35.4 Å². The zero-order valence-corrected chi connectivity index (χ0v) is 13.8. The largest absolute Gasteiger partial charge is 0.309 e. The first kappa shape index (κ1) is 14.7. The summed E-state index contributed by atoms with van der Waals surface area (Å²) in [6, 6.07) is 6.88. The van der Waals surface area contributed by atoms with Crippen LogP contribution in [0.3, 0.4) is 0 Å². The molecule has 2 aromatic rings. The molecule has 1 N–H and O–H groups in total. The number of aryl methyl sites for hydroxylation is 1. The summed E-state index contributed by atoms with van der Waals surface area (Å²) in [7, 11) is 0. The number of pyridine rings is 1. The first-order valence-electron chi connectivity index (χ1n) is 7.78. The molecule has 0 amide bonds. The maximum Gasteiger partial charge on any atom is 0.142 e. The second-order valence-electron chi connectivity index (χ2n) is 6.31. The van der Waals surface area contributed by atoms with Crippen molar-refractivity contribution in [3.05, 3.63) is 34.5 Å². The van der Waals surface area contributed by atoms with Gasteiger partial charge in [-0.25, -0.2) is 4.98 Å². The van der Waals surface area contributed by atoms with E-state index in [4.69, 9.17) is 4.98 Å². The number of nitrogens with one attached hydrogen (secondary N) is 1. The molecule has 0 atom stereocenters. The minimum absolute atomic E-state index is 0.630. The Morgan fingerprint density at radius 2 is 2.10 bits per heavy atom. The van der Waals surface area contributed by atoms with Crippen LogP contribution >= 0.6 is 11.3 Å². The molecule has 0 aromatic carbocycles. The quantitative estimate of drug-likeness (QED) is 0.877.